The van der Waals surface area contributed by atoms with Crippen LogP contribution in [0.1, 0.15) is 18.4 Å². The van der Waals surface area contributed by atoms with Crippen LogP contribution in [0.4, 0.5) is 4.39 Å². The van der Waals surface area contributed by atoms with Gasteiger partial charge in [0.2, 0.25) is 0 Å². The molecule has 0 saturated heterocycles. The van der Waals surface area contributed by atoms with Crippen LogP contribution in [0.25, 0.3) is 0 Å². The van der Waals surface area contributed by atoms with Gasteiger partial charge in [-0.05, 0) is 18.9 Å². The average molecular weight is 218 g/mol. The minimum Gasteiger partial charge on any atom is -0.493 e. The highest BCUT2D eigenvalue weighted by Gasteiger charge is 2.42. The van der Waals surface area contributed by atoms with Crippen molar-refractivity contribution in [2.75, 3.05) is 7.11 Å². The maximum atomic E-state index is 13.2. The first-order valence-electron chi connectivity index (χ1n) is 4.29. The quantitative estimate of drug-likeness (QED) is 0.825. The van der Waals surface area contributed by atoms with Crippen LogP contribution in [0.2, 0.25) is 0 Å². The van der Waals surface area contributed by atoms with Crippen molar-refractivity contribution in [3.05, 3.63) is 29.6 Å². The Morgan fingerprint density at radius 1 is 1.43 bits per heavy atom. The molecule has 1 aliphatic rings. The molecule has 1 aromatic rings. The van der Waals surface area contributed by atoms with E-state index in [4.69, 9.17) is 10.5 Å². The first kappa shape index (κ1) is 11.3. The maximum absolute atomic E-state index is 13.2. The van der Waals surface area contributed by atoms with Gasteiger partial charge in [0.05, 0.1) is 7.11 Å². The van der Waals surface area contributed by atoms with Crippen molar-refractivity contribution in [3.8, 4) is 5.75 Å². The van der Waals surface area contributed by atoms with E-state index < -0.39 is 0 Å². The smallest absolute Gasteiger partial charge is 0.165 e. The molecule has 14 heavy (non-hydrogen) atoms. The fraction of sp³-hybridized carbons (Fsp3) is 0.400. The second kappa shape index (κ2) is 3.75. The highest BCUT2D eigenvalue weighted by Crippen LogP contribution is 2.46. The van der Waals surface area contributed by atoms with Crippen molar-refractivity contribution in [3.63, 3.8) is 0 Å². The molecule has 0 aromatic heterocycles. The van der Waals surface area contributed by atoms with Crippen LogP contribution in [-0.2, 0) is 5.54 Å². The molecule has 4 heteroatoms. The van der Waals surface area contributed by atoms with Crippen molar-refractivity contribution in [2.45, 2.75) is 18.4 Å². The predicted octanol–water partition coefficient (Wildman–Crippen LogP) is 2.20. The third-order valence-corrected chi connectivity index (χ3v) is 2.50. The number of hydrogen-bond acceptors (Lipinski definition) is 2. The van der Waals surface area contributed by atoms with E-state index in [-0.39, 0.29) is 23.8 Å². The number of halogens is 2. The maximum Gasteiger partial charge on any atom is 0.165 e. The lowest BCUT2D eigenvalue weighted by atomic mass is 10.0. The van der Waals surface area contributed by atoms with E-state index in [9.17, 15) is 4.39 Å². The number of methoxy groups -OCH3 is 1. The van der Waals surface area contributed by atoms with Gasteiger partial charge in [0.15, 0.2) is 11.6 Å². The lowest BCUT2D eigenvalue weighted by Gasteiger charge is -2.14. The van der Waals surface area contributed by atoms with E-state index in [2.05, 4.69) is 0 Å². The zero-order chi connectivity index (χ0) is 9.47. The molecular weight excluding hydrogens is 205 g/mol. The molecule has 0 amide bonds. The molecule has 0 atom stereocenters. The molecule has 1 aromatic carbocycles. The minimum atomic E-state index is -0.340. The van der Waals surface area contributed by atoms with Gasteiger partial charge in [0, 0.05) is 11.1 Å². The van der Waals surface area contributed by atoms with E-state index in [1.165, 1.54) is 13.2 Å². The molecule has 1 fully saturated rings. The van der Waals surface area contributed by atoms with Crippen LogP contribution in [0, 0.1) is 5.82 Å². The first-order chi connectivity index (χ1) is 6.17. The number of rotatable bonds is 2. The third-order valence-electron chi connectivity index (χ3n) is 2.50. The molecule has 1 saturated carbocycles. The van der Waals surface area contributed by atoms with Crippen LogP contribution in [0.5, 0.6) is 5.75 Å². The van der Waals surface area contributed by atoms with Crippen molar-refractivity contribution < 1.29 is 9.13 Å². The summed E-state index contributed by atoms with van der Waals surface area (Å²) >= 11 is 0. The fourth-order valence-corrected chi connectivity index (χ4v) is 1.51. The highest BCUT2D eigenvalue weighted by molar-refractivity contribution is 5.85. The summed E-state index contributed by atoms with van der Waals surface area (Å²) in [5.41, 5.74) is 6.41. The Bertz CT molecular complexity index is 339. The van der Waals surface area contributed by atoms with E-state index >= 15 is 0 Å². The molecule has 0 spiro atoms. The summed E-state index contributed by atoms with van der Waals surface area (Å²) in [6, 6.07) is 4.88. The lowest BCUT2D eigenvalue weighted by molar-refractivity contribution is 0.376. The Morgan fingerprint density at radius 2 is 2.07 bits per heavy atom. The van der Waals surface area contributed by atoms with E-state index in [0.717, 1.165) is 18.4 Å². The van der Waals surface area contributed by atoms with E-state index in [1.54, 1.807) is 6.07 Å². The largest absolute Gasteiger partial charge is 0.493 e. The van der Waals surface area contributed by atoms with Crippen molar-refractivity contribution in [1.29, 1.82) is 0 Å². The number of nitrogens with two attached hydrogens (primary N) is 1. The Labute approximate surface area is 88.7 Å². The molecule has 0 aliphatic heterocycles. The Hall–Kier alpha value is -0.800. The van der Waals surface area contributed by atoms with Gasteiger partial charge >= 0.3 is 0 Å². The number of hydrogen-bond donors (Lipinski definition) is 1. The van der Waals surface area contributed by atoms with E-state index in [1.807, 2.05) is 6.07 Å². The number of ether oxygens (including phenoxy) is 1. The second-order valence-corrected chi connectivity index (χ2v) is 3.48. The van der Waals surface area contributed by atoms with Crippen molar-refractivity contribution in [1.82, 2.24) is 0 Å². The lowest BCUT2D eigenvalue weighted by Crippen LogP contribution is -2.20. The number of benzene rings is 1. The van der Waals surface area contributed by atoms with Gasteiger partial charge in [-0.25, -0.2) is 4.39 Å². The summed E-state index contributed by atoms with van der Waals surface area (Å²) in [7, 11) is 1.47. The summed E-state index contributed by atoms with van der Waals surface area (Å²) in [5, 5.41) is 0. The molecule has 0 heterocycles. The predicted molar refractivity (Wildman–Crippen MR) is 55.3 cm³/mol. The van der Waals surface area contributed by atoms with Gasteiger partial charge in [-0.1, -0.05) is 12.1 Å². The zero-order valence-electron chi connectivity index (χ0n) is 7.92. The van der Waals surface area contributed by atoms with Crippen molar-refractivity contribution in [2.24, 2.45) is 5.73 Å². The molecule has 0 bridgehead atoms. The summed E-state index contributed by atoms with van der Waals surface area (Å²) in [6.45, 7) is 0. The summed E-state index contributed by atoms with van der Waals surface area (Å²) < 4.78 is 18.2. The molecule has 1 aliphatic carbocycles. The summed E-state index contributed by atoms with van der Waals surface area (Å²) in [5.74, 6) is -0.0424. The van der Waals surface area contributed by atoms with Crippen LogP contribution >= 0.6 is 12.4 Å². The van der Waals surface area contributed by atoms with Gasteiger partial charge in [0.1, 0.15) is 0 Å². The fourth-order valence-electron chi connectivity index (χ4n) is 1.51. The summed E-state index contributed by atoms with van der Waals surface area (Å²) in [6.07, 6.45) is 1.82. The van der Waals surface area contributed by atoms with Gasteiger partial charge in [0.25, 0.3) is 0 Å². The Balaban J connectivity index is 0.000000980. The Morgan fingerprint density at radius 3 is 2.57 bits per heavy atom. The SMILES string of the molecule is COc1c(F)cccc1C1(N)CC1.Cl. The molecule has 0 unspecified atom stereocenters. The normalized spacial score (nSPS) is 17.1. The minimum absolute atomic E-state index is 0. The topological polar surface area (TPSA) is 35.2 Å². The molecule has 78 valence electrons. The molecule has 2 nitrogen and oxygen atoms in total. The average Bonchev–Trinajstić information content (AvgIpc) is 2.85. The van der Waals surface area contributed by atoms with Gasteiger partial charge in [-0.2, -0.15) is 0 Å². The van der Waals surface area contributed by atoms with Gasteiger partial charge in [-0.3, -0.25) is 0 Å². The van der Waals surface area contributed by atoms with Crippen LogP contribution in [-0.4, -0.2) is 7.11 Å². The van der Waals surface area contributed by atoms with Gasteiger partial charge in [-0.15, -0.1) is 12.4 Å². The third kappa shape index (κ3) is 1.70. The first-order valence-corrected chi connectivity index (χ1v) is 4.29. The molecule has 2 rings (SSSR count). The second-order valence-electron chi connectivity index (χ2n) is 3.48. The standard InChI is InChI=1S/C10H12FNO.ClH/c1-13-9-7(10(12)5-6-10)3-2-4-8(9)11;/h2-4H,5-6,12H2,1H3;1H. The van der Waals surface area contributed by atoms with Crippen LogP contribution in [0.3, 0.4) is 0 Å². The molecule has 0 radical (unpaired) electrons. The zero-order valence-corrected chi connectivity index (χ0v) is 8.73. The summed E-state index contributed by atoms with van der Waals surface area (Å²) in [4.78, 5) is 0. The van der Waals surface area contributed by atoms with E-state index in [0.29, 0.717) is 5.75 Å². The Kier molecular flexibility index (Phi) is 3.02. The monoisotopic (exact) mass is 217 g/mol. The molecular formula is C10H13ClFNO. The van der Waals surface area contributed by atoms with Crippen molar-refractivity contribution >= 4 is 12.4 Å². The van der Waals surface area contributed by atoms with Crippen LogP contribution in [0.15, 0.2) is 18.2 Å². The number of para-hydroxylation sites is 1. The highest BCUT2D eigenvalue weighted by atomic mass is 35.5. The van der Waals surface area contributed by atoms with Crippen LogP contribution < -0.4 is 10.5 Å². The molecule has 2 N–H and O–H groups in total. The van der Waals surface area contributed by atoms with Gasteiger partial charge < -0.3 is 10.5 Å².